The lowest BCUT2D eigenvalue weighted by Gasteiger charge is -2.46. The van der Waals surface area contributed by atoms with Gasteiger partial charge in [-0.3, -0.25) is 0 Å². The predicted octanol–water partition coefficient (Wildman–Crippen LogP) is 3.65. The van der Waals surface area contributed by atoms with Gasteiger partial charge in [-0.1, -0.05) is 0 Å². The summed E-state index contributed by atoms with van der Waals surface area (Å²) in [7, 11) is -3.50. The second kappa shape index (κ2) is 7.77. The highest BCUT2D eigenvalue weighted by atomic mass is 28.4. The largest absolute Gasteiger partial charge is 0.410 e. The minimum absolute atomic E-state index is 0.102. The molecule has 0 radical (unpaired) electrons. The van der Waals surface area contributed by atoms with Gasteiger partial charge in [0.2, 0.25) is 0 Å². The number of hydrogen-bond donors (Lipinski definition) is 0. The molecule has 5 nitrogen and oxygen atoms in total. The van der Waals surface area contributed by atoms with Crippen molar-refractivity contribution in [2.45, 2.75) is 83.5 Å². The summed E-state index contributed by atoms with van der Waals surface area (Å²) >= 11 is 0. The van der Waals surface area contributed by atoms with Crippen LogP contribution in [0.4, 0.5) is 0 Å². The summed E-state index contributed by atoms with van der Waals surface area (Å²) in [5.41, 5.74) is 0. The quantitative estimate of drug-likeness (QED) is 0.631. The Hall–Kier alpha value is 0.451. The molecule has 8 heteroatoms. The van der Waals surface area contributed by atoms with Gasteiger partial charge in [0.25, 0.3) is 0 Å². The van der Waals surface area contributed by atoms with Gasteiger partial charge in [-0.05, 0) is 58.9 Å². The summed E-state index contributed by atoms with van der Waals surface area (Å²) in [4.78, 5) is 0. The normalized spacial score (nSPS) is 30.5. The Morgan fingerprint density at radius 3 is 1.57 bits per heavy atom. The molecule has 1 unspecified atom stereocenters. The van der Waals surface area contributed by atoms with Crippen molar-refractivity contribution < 1.29 is 22.8 Å². The lowest BCUT2D eigenvalue weighted by molar-refractivity contribution is -0.242. The van der Waals surface area contributed by atoms with Crippen LogP contribution >= 0.6 is 0 Å². The SMILES string of the molecule is CO[C@H]1[C@H](O[Si](C)(C)C)COC(O[Si](C)(C)C)[C@@H]1O[Si](C)(C)C. The van der Waals surface area contributed by atoms with Crippen LogP contribution in [0.15, 0.2) is 0 Å². The second-order valence-corrected chi connectivity index (χ2v) is 22.5. The van der Waals surface area contributed by atoms with E-state index in [1.165, 1.54) is 0 Å². The van der Waals surface area contributed by atoms with E-state index >= 15 is 0 Å². The zero-order chi connectivity index (χ0) is 18.1. The van der Waals surface area contributed by atoms with E-state index in [4.69, 9.17) is 22.8 Å². The van der Waals surface area contributed by atoms with Crippen molar-refractivity contribution >= 4 is 25.0 Å². The van der Waals surface area contributed by atoms with Crippen LogP contribution in [0.25, 0.3) is 0 Å². The van der Waals surface area contributed by atoms with Crippen molar-refractivity contribution in [2.24, 2.45) is 0 Å². The highest BCUT2D eigenvalue weighted by Gasteiger charge is 2.46. The molecule has 0 aromatic rings. The van der Waals surface area contributed by atoms with Crippen LogP contribution in [0, 0.1) is 0 Å². The number of methoxy groups -OCH3 is 1. The number of ether oxygens (including phenoxy) is 2. The van der Waals surface area contributed by atoms with Crippen molar-refractivity contribution in [3.63, 3.8) is 0 Å². The molecule has 1 saturated heterocycles. The molecule has 1 aliphatic rings. The highest BCUT2D eigenvalue weighted by Crippen LogP contribution is 2.29. The molecule has 1 heterocycles. The molecule has 0 spiro atoms. The molecule has 4 atom stereocenters. The molecule has 0 aliphatic carbocycles. The third-order valence-corrected chi connectivity index (χ3v) is 6.05. The monoisotopic (exact) mass is 380 g/mol. The van der Waals surface area contributed by atoms with Crippen molar-refractivity contribution in [3.05, 3.63) is 0 Å². The fourth-order valence-electron chi connectivity index (χ4n) is 2.57. The summed E-state index contributed by atoms with van der Waals surface area (Å²) in [6.45, 7) is 20.0. The summed E-state index contributed by atoms with van der Waals surface area (Å²) < 4.78 is 30.8. The molecule has 0 saturated carbocycles. The Labute approximate surface area is 145 Å². The van der Waals surface area contributed by atoms with Gasteiger partial charge < -0.3 is 22.8 Å². The smallest absolute Gasteiger partial charge is 0.187 e. The zero-order valence-corrected chi connectivity index (χ0v) is 19.6. The Morgan fingerprint density at radius 1 is 0.696 bits per heavy atom. The third kappa shape index (κ3) is 7.91. The second-order valence-electron chi connectivity index (χ2n) is 9.10. The molecule has 1 fully saturated rings. The Kier molecular flexibility index (Phi) is 7.27. The first-order valence-corrected chi connectivity index (χ1v) is 18.6. The van der Waals surface area contributed by atoms with Gasteiger partial charge in [0, 0.05) is 7.11 Å². The fourth-order valence-corrected chi connectivity index (χ4v) is 5.64. The van der Waals surface area contributed by atoms with Gasteiger partial charge in [-0.2, -0.15) is 0 Å². The fraction of sp³-hybridized carbons (Fsp3) is 1.00. The van der Waals surface area contributed by atoms with Crippen LogP contribution < -0.4 is 0 Å². The summed E-state index contributed by atoms with van der Waals surface area (Å²) in [5.74, 6) is 0. The molecular weight excluding hydrogens is 344 g/mol. The third-order valence-electron chi connectivity index (χ3n) is 3.12. The van der Waals surface area contributed by atoms with Crippen molar-refractivity contribution in [3.8, 4) is 0 Å². The van der Waals surface area contributed by atoms with E-state index < -0.39 is 25.0 Å². The molecule has 138 valence electrons. The summed E-state index contributed by atoms with van der Waals surface area (Å²) in [6.07, 6.45) is -0.883. The molecule has 0 bridgehead atoms. The van der Waals surface area contributed by atoms with E-state index in [0.29, 0.717) is 6.61 Å². The molecule has 1 rings (SSSR count). The maximum absolute atomic E-state index is 6.41. The maximum atomic E-state index is 6.41. The van der Waals surface area contributed by atoms with E-state index in [0.717, 1.165) is 0 Å². The average molecular weight is 381 g/mol. The van der Waals surface area contributed by atoms with Gasteiger partial charge in [0.1, 0.15) is 12.2 Å². The molecule has 0 aromatic carbocycles. The minimum atomic E-state index is -1.78. The Balaban J connectivity index is 3.00. The zero-order valence-electron chi connectivity index (χ0n) is 16.6. The standard InChI is InChI=1S/C15H36O5Si3/c1-16-13-12(18-21(2,3)4)11-17-15(20-23(8,9)10)14(13)19-22(5,6)7/h12-15H,11H2,1-10H3/t12-,13+,14-,15?/m1/s1. The first-order valence-electron chi connectivity index (χ1n) is 8.40. The van der Waals surface area contributed by atoms with Crippen molar-refractivity contribution in [2.75, 3.05) is 13.7 Å². The van der Waals surface area contributed by atoms with Crippen LogP contribution in [-0.4, -0.2) is 63.3 Å². The summed E-state index contributed by atoms with van der Waals surface area (Å²) in [5, 5.41) is 0. The van der Waals surface area contributed by atoms with Crippen LogP contribution in [0.1, 0.15) is 0 Å². The van der Waals surface area contributed by atoms with Crippen LogP contribution in [0.2, 0.25) is 58.9 Å². The average Bonchev–Trinajstić information content (AvgIpc) is 2.27. The van der Waals surface area contributed by atoms with E-state index in [1.807, 2.05) is 0 Å². The summed E-state index contributed by atoms with van der Waals surface area (Å²) in [6, 6.07) is 0. The topological polar surface area (TPSA) is 46.2 Å². The molecule has 1 aliphatic heterocycles. The first kappa shape index (κ1) is 21.5. The number of rotatable bonds is 7. The van der Waals surface area contributed by atoms with Crippen LogP contribution in [0.3, 0.4) is 0 Å². The van der Waals surface area contributed by atoms with Gasteiger partial charge in [-0.15, -0.1) is 0 Å². The number of hydrogen-bond acceptors (Lipinski definition) is 5. The molecule has 0 amide bonds. The van der Waals surface area contributed by atoms with Gasteiger partial charge in [0.15, 0.2) is 31.2 Å². The van der Waals surface area contributed by atoms with Crippen molar-refractivity contribution in [1.82, 2.24) is 0 Å². The van der Waals surface area contributed by atoms with Crippen LogP contribution in [-0.2, 0) is 22.8 Å². The Morgan fingerprint density at radius 2 is 1.17 bits per heavy atom. The molecule has 0 aromatic heterocycles. The van der Waals surface area contributed by atoms with E-state index in [-0.39, 0.29) is 24.6 Å². The first-order chi connectivity index (χ1) is 10.2. The Bertz CT molecular complexity index is 373. The maximum Gasteiger partial charge on any atom is 0.187 e. The lowest BCUT2D eigenvalue weighted by atomic mass is 10.1. The van der Waals surface area contributed by atoms with Gasteiger partial charge in [0.05, 0.1) is 12.7 Å². The van der Waals surface area contributed by atoms with Gasteiger partial charge >= 0.3 is 0 Å². The molecular formula is C15H36O5Si3. The molecule has 0 N–H and O–H groups in total. The lowest BCUT2D eigenvalue weighted by Crippen LogP contribution is -2.61. The van der Waals surface area contributed by atoms with E-state index in [1.54, 1.807) is 7.11 Å². The predicted molar refractivity (Wildman–Crippen MR) is 101 cm³/mol. The van der Waals surface area contributed by atoms with Crippen LogP contribution in [0.5, 0.6) is 0 Å². The minimum Gasteiger partial charge on any atom is -0.410 e. The highest BCUT2D eigenvalue weighted by molar-refractivity contribution is 6.70. The van der Waals surface area contributed by atoms with Gasteiger partial charge in [-0.25, -0.2) is 0 Å². The van der Waals surface area contributed by atoms with E-state index in [9.17, 15) is 0 Å². The van der Waals surface area contributed by atoms with E-state index in [2.05, 4.69) is 58.9 Å². The van der Waals surface area contributed by atoms with Crippen molar-refractivity contribution in [1.29, 1.82) is 0 Å². The molecule has 23 heavy (non-hydrogen) atoms.